The number of nitrogens with zero attached hydrogens (tertiary/aromatic N) is 4. The van der Waals surface area contributed by atoms with E-state index in [2.05, 4.69) is 21.9 Å². The fourth-order valence-corrected chi connectivity index (χ4v) is 2.18. The monoisotopic (exact) mass is 250 g/mol. The second-order valence-corrected chi connectivity index (χ2v) is 4.69. The number of piperidine rings is 1. The summed E-state index contributed by atoms with van der Waals surface area (Å²) in [6, 6.07) is 1.79. The summed E-state index contributed by atoms with van der Waals surface area (Å²) in [5, 5.41) is 8.92. The van der Waals surface area contributed by atoms with Crippen LogP contribution in [-0.4, -0.2) is 59.2 Å². The lowest BCUT2D eigenvalue weighted by molar-refractivity contribution is 0.0690. The number of likely N-dealkylation sites (tertiary alicyclic amines) is 1. The summed E-state index contributed by atoms with van der Waals surface area (Å²) in [4.78, 5) is 23.4. The van der Waals surface area contributed by atoms with Gasteiger partial charge < -0.3 is 14.9 Å². The maximum Gasteiger partial charge on any atom is 0.354 e. The fourth-order valence-electron chi connectivity index (χ4n) is 2.18. The molecule has 0 saturated carbocycles. The molecule has 1 aliphatic rings. The van der Waals surface area contributed by atoms with E-state index in [1.165, 1.54) is 12.3 Å². The van der Waals surface area contributed by atoms with Crippen LogP contribution >= 0.6 is 0 Å². The molecule has 0 aliphatic carbocycles. The number of hydrogen-bond acceptors (Lipinski definition) is 5. The van der Waals surface area contributed by atoms with Gasteiger partial charge in [-0.15, -0.1) is 0 Å². The topological polar surface area (TPSA) is 69.6 Å². The molecule has 6 nitrogen and oxygen atoms in total. The van der Waals surface area contributed by atoms with E-state index >= 15 is 0 Å². The first-order valence-corrected chi connectivity index (χ1v) is 6.05. The van der Waals surface area contributed by atoms with Gasteiger partial charge in [0.15, 0.2) is 5.69 Å². The molecule has 18 heavy (non-hydrogen) atoms. The normalized spacial score (nSPS) is 17.7. The van der Waals surface area contributed by atoms with Crippen molar-refractivity contribution in [1.82, 2.24) is 14.9 Å². The highest BCUT2D eigenvalue weighted by atomic mass is 16.4. The number of carboxylic acid groups (broad SMARTS) is 1. The number of aromatic carboxylic acids is 1. The number of aromatic nitrogens is 2. The predicted molar refractivity (Wildman–Crippen MR) is 67.9 cm³/mol. The Kier molecular flexibility index (Phi) is 3.76. The van der Waals surface area contributed by atoms with Crippen LogP contribution in [0.4, 0.5) is 5.95 Å². The minimum Gasteiger partial charge on any atom is -0.477 e. The molecule has 0 atom stereocenters. The smallest absolute Gasteiger partial charge is 0.354 e. The summed E-state index contributed by atoms with van der Waals surface area (Å²) >= 11 is 0. The molecule has 1 aliphatic heterocycles. The van der Waals surface area contributed by atoms with Gasteiger partial charge in [-0.2, -0.15) is 0 Å². The Morgan fingerprint density at radius 1 is 1.50 bits per heavy atom. The van der Waals surface area contributed by atoms with E-state index < -0.39 is 5.97 Å². The molecule has 1 fully saturated rings. The molecule has 2 rings (SSSR count). The lowest BCUT2D eigenvalue weighted by atomic mass is 10.0. The van der Waals surface area contributed by atoms with Crippen LogP contribution in [0, 0.1) is 0 Å². The molecular weight excluding hydrogens is 232 g/mol. The largest absolute Gasteiger partial charge is 0.477 e. The average molecular weight is 250 g/mol. The molecule has 6 heteroatoms. The van der Waals surface area contributed by atoms with E-state index in [0.29, 0.717) is 12.0 Å². The molecule has 0 spiro atoms. The third-order valence-corrected chi connectivity index (χ3v) is 3.41. The third kappa shape index (κ3) is 2.76. The standard InChI is InChI=1S/C12H18N4O2/c1-15-7-4-9(5-8-15)16(2)12-13-6-3-10(14-12)11(17)18/h3,6,9H,4-5,7-8H2,1-2H3,(H,17,18). The highest BCUT2D eigenvalue weighted by Gasteiger charge is 2.22. The van der Waals surface area contributed by atoms with Crippen molar-refractivity contribution in [3.05, 3.63) is 18.0 Å². The maximum atomic E-state index is 10.9. The molecular formula is C12H18N4O2. The average Bonchev–Trinajstić information content (AvgIpc) is 2.39. The molecule has 2 heterocycles. The first-order chi connectivity index (χ1) is 8.58. The van der Waals surface area contributed by atoms with Crippen molar-refractivity contribution in [1.29, 1.82) is 0 Å². The Hall–Kier alpha value is -1.69. The van der Waals surface area contributed by atoms with Crippen LogP contribution in [-0.2, 0) is 0 Å². The van der Waals surface area contributed by atoms with Crippen molar-refractivity contribution in [3.63, 3.8) is 0 Å². The first kappa shape index (κ1) is 12.8. The highest BCUT2D eigenvalue weighted by molar-refractivity contribution is 5.85. The van der Waals surface area contributed by atoms with Gasteiger partial charge in [0, 0.05) is 19.3 Å². The minimum atomic E-state index is -1.02. The van der Waals surface area contributed by atoms with Gasteiger partial charge >= 0.3 is 5.97 Å². The number of carbonyl (C=O) groups is 1. The first-order valence-electron chi connectivity index (χ1n) is 6.05. The molecule has 1 aromatic rings. The number of anilines is 1. The van der Waals surface area contributed by atoms with Crippen molar-refractivity contribution >= 4 is 11.9 Å². The third-order valence-electron chi connectivity index (χ3n) is 3.41. The molecule has 1 N–H and O–H groups in total. The van der Waals surface area contributed by atoms with Crippen LogP contribution in [0.25, 0.3) is 0 Å². The summed E-state index contributed by atoms with van der Waals surface area (Å²) in [7, 11) is 4.04. The van der Waals surface area contributed by atoms with Crippen LogP contribution in [0.3, 0.4) is 0 Å². The van der Waals surface area contributed by atoms with Gasteiger partial charge in [-0.25, -0.2) is 14.8 Å². The Balaban J connectivity index is 2.10. The van der Waals surface area contributed by atoms with Crippen molar-refractivity contribution < 1.29 is 9.90 Å². The van der Waals surface area contributed by atoms with Gasteiger partial charge in [0.1, 0.15) is 0 Å². The molecule has 0 aromatic carbocycles. The quantitative estimate of drug-likeness (QED) is 0.852. The molecule has 1 aromatic heterocycles. The van der Waals surface area contributed by atoms with E-state index in [1.807, 2.05) is 11.9 Å². The molecule has 0 unspecified atom stereocenters. The van der Waals surface area contributed by atoms with E-state index in [4.69, 9.17) is 5.11 Å². The second-order valence-electron chi connectivity index (χ2n) is 4.69. The van der Waals surface area contributed by atoms with Gasteiger partial charge in [-0.05, 0) is 39.0 Å². The Labute approximate surface area is 106 Å². The summed E-state index contributed by atoms with van der Waals surface area (Å²) in [6.07, 6.45) is 3.60. The van der Waals surface area contributed by atoms with Crippen LogP contribution in [0.5, 0.6) is 0 Å². The number of carboxylic acids is 1. The lowest BCUT2D eigenvalue weighted by Gasteiger charge is -2.35. The highest BCUT2D eigenvalue weighted by Crippen LogP contribution is 2.18. The lowest BCUT2D eigenvalue weighted by Crippen LogP contribution is -2.42. The Morgan fingerprint density at radius 2 is 2.17 bits per heavy atom. The summed E-state index contributed by atoms with van der Waals surface area (Å²) in [5.41, 5.74) is 0.0415. The van der Waals surface area contributed by atoms with Gasteiger partial charge in [0.25, 0.3) is 0 Å². The van der Waals surface area contributed by atoms with E-state index in [0.717, 1.165) is 25.9 Å². The predicted octanol–water partition coefficient (Wildman–Crippen LogP) is 0.705. The molecule has 0 radical (unpaired) electrons. The maximum absolute atomic E-state index is 10.9. The molecule has 0 amide bonds. The van der Waals surface area contributed by atoms with Crippen LogP contribution in [0.15, 0.2) is 12.3 Å². The van der Waals surface area contributed by atoms with Crippen molar-refractivity contribution in [2.45, 2.75) is 18.9 Å². The molecule has 0 bridgehead atoms. The summed E-state index contributed by atoms with van der Waals surface area (Å²) in [5.74, 6) is -0.528. The van der Waals surface area contributed by atoms with E-state index in [1.54, 1.807) is 0 Å². The van der Waals surface area contributed by atoms with E-state index in [-0.39, 0.29) is 5.69 Å². The Bertz CT molecular complexity index is 430. The number of rotatable bonds is 3. The van der Waals surface area contributed by atoms with Crippen molar-refractivity contribution in [3.8, 4) is 0 Å². The van der Waals surface area contributed by atoms with Gasteiger partial charge in [-0.3, -0.25) is 0 Å². The Morgan fingerprint density at radius 3 is 2.78 bits per heavy atom. The number of hydrogen-bond donors (Lipinski definition) is 1. The molecule has 1 saturated heterocycles. The van der Waals surface area contributed by atoms with Gasteiger partial charge in [0.05, 0.1) is 0 Å². The zero-order chi connectivity index (χ0) is 13.1. The van der Waals surface area contributed by atoms with Crippen LogP contribution in [0.2, 0.25) is 0 Å². The van der Waals surface area contributed by atoms with E-state index in [9.17, 15) is 4.79 Å². The van der Waals surface area contributed by atoms with Crippen LogP contribution in [0.1, 0.15) is 23.3 Å². The van der Waals surface area contributed by atoms with Crippen LogP contribution < -0.4 is 4.90 Å². The van der Waals surface area contributed by atoms with Gasteiger partial charge in [-0.1, -0.05) is 0 Å². The summed E-state index contributed by atoms with van der Waals surface area (Å²) < 4.78 is 0. The summed E-state index contributed by atoms with van der Waals surface area (Å²) in [6.45, 7) is 2.10. The molecule has 98 valence electrons. The zero-order valence-electron chi connectivity index (χ0n) is 10.7. The SMILES string of the molecule is CN1CCC(N(C)c2nccc(C(=O)O)n2)CC1. The zero-order valence-corrected chi connectivity index (χ0v) is 10.7. The fraction of sp³-hybridized carbons (Fsp3) is 0.583. The minimum absolute atomic E-state index is 0.0415. The van der Waals surface area contributed by atoms with Gasteiger partial charge in [0.2, 0.25) is 5.95 Å². The van der Waals surface area contributed by atoms with Crippen molar-refractivity contribution in [2.75, 3.05) is 32.1 Å². The second kappa shape index (κ2) is 5.30. The van der Waals surface area contributed by atoms with Crippen molar-refractivity contribution in [2.24, 2.45) is 0 Å².